The Labute approximate surface area is 167 Å². The van der Waals surface area contributed by atoms with Crippen molar-refractivity contribution < 1.29 is 9.59 Å². The van der Waals surface area contributed by atoms with Crippen molar-refractivity contribution in [1.29, 1.82) is 0 Å². The minimum atomic E-state index is -0.252. The van der Waals surface area contributed by atoms with Crippen molar-refractivity contribution in [1.82, 2.24) is 15.1 Å². The van der Waals surface area contributed by atoms with E-state index in [4.69, 9.17) is 0 Å². The zero-order chi connectivity index (χ0) is 19.9. The highest BCUT2D eigenvalue weighted by atomic mass is 16.2. The molecule has 0 aliphatic carbocycles. The Hall–Kier alpha value is -2.66. The van der Waals surface area contributed by atoms with E-state index in [1.165, 1.54) is 11.1 Å². The maximum absolute atomic E-state index is 12.5. The van der Waals surface area contributed by atoms with Crippen molar-refractivity contribution in [2.45, 2.75) is 26.4 Å². The van der Waals surface area contributed by atoms with Crippen molar-refractivity contribution in [2.75, 3.05) is 26.7 Å². The van der Waals surface area contributed by atoms with E-state index in [0.29, 0.717) is 26.1 Å². The molecule has 1 aliphatic heterocycles. The third-order valence-electron chi connectivity index (χ3n) is 5.17. The first kappa shape index (κ1) is 20.1. The molecule has 2 aromatic rings. The summed E-state index contributed by atoms with van der Waals surface area (Å²) >= 11 is 0. The van der Waals surface area contributed by atoms with Crippen LogP contribution in [-0.4, -0.2) is 48.3 Å². The molecule has 0 radical (unpaired) electrons. The Morgan fingerprint density at radius 2 is 1.82 bits per heavy atom. The molecule has 5 heteroatoms. The number of hydrogen-bond acceptors (Lipinski definition) is 3. The fourth-order valence-corrected chi connectivity index (χ4v) is 3.50. The Morgan fingerprint density at radius 3 is 2.54 bits per heavy atom. The van der Waals surface area contributed by atoms with Crippen molar-refractivity contribution in [3.63, 3.8) is 0 Å². The molecule has 28 heavy (non-hydrogen) atoms. The quantitative estimate of drug-likeness (QED) is 0.767. The highest BCUT2D eigenvalue weighted by Crippen LogP contribution is 2.20. The van der Waals surface area contributed by atoms with Gasteiger partial charge in [-0.15, -0.1) is 0 Å². The smallest absolute Gasteiger partial charge is 0.225 e. The molecule has 148 valence electrons. The summed E-state index contributed by atoms with van der Waals surface area (Å²) in [6.45, 7) is 5.33. The van der Waals surface area contributed by atoms with E-state index in [1.807, 2.05) is 56.4 Å². The molecular formula is C23H29N3O2. The molecule has 1 atom stereocenters. The molecule has 2 amide bonds. The lowest BCUT2D eigenvalue weighted by Crippen LogP contribution is -2.37. The number of likely N-dealkylation sites (tertiary alicyclic amines) is 1. The van der Waals surface area contributed by atoms with Gasteiger partial charge in [-0.25, -0.2) is 0 Å². The highest BCUT2D eigenvalue weighted by molar-refractivity contribution is 5.89. The molecule has 5 nitrogen and oxygen atoms in total. The van der Waals surface area contributed by atoms with Gasteiger partial charge in [-0.1, -0.05) is 60.2 Å². The minimum absolute atomic E-state index is 0.0205. The molecule has 0 bridgehead atoms. The minimum Gasteiger partial charge on any atom is -0.355 e. The van der Waals surface area contributed by atoms with Gasteiger partial charge in [0.05, 0.1) is 5.92 Å². The summed E-state index contributed by atoms with van der Waals surface area (Å²) in [5.74, 6) is -0.216. The van der Waals surface area contributed by atoms with Crippen LogP contribution < -0.4 is 5.32 Å². The number of nitrogens with zero attached hydrogens (tertiary/aromatic N) is 2. The summed E-state index contributed by atoms with van der Waals surface area (Å²) in [6, 6.07) is 18.4. The molecule has 2 aromatic carbocycles. The number of aryl methyl sites for hydroxylation is 1. The lowest BCUT2D eigenvalue weighted by Gasteiger charge is -2.19. The van der Waals surface area contributed by atoms with E-state index in [1.54, 1.807) is 4.90 Å². The van der Waals surface area contributed by atoms with Crippen LogP contribution in [0.2, 0.25) is 0 Å². The van der Waals surface area contributed by atoms with E-state index in [0.717, 1.165) is 18.7 Å². The summed E-state index contributed by atoms with van der Waals surface area (Å²) in [5.41, 5.74) is 3.55. The first-order valence-electron chi connectivity index (χ1n) is 9.85. The van der Waals surface area contributed by atoms with Crippen LogP contribution in [0.3, 0.4) is 0 Å². The van der Waals surface area contributed by atoms with Crippen LogP contribution in [0.1, 0.15) is 23.1 Å². The predicted molar refractivity (Wildman–Crippen MR) is 110 cm³/mol. The summed E-state index contributed by atoms with van der Waals surface area (Å²) in [4.78, 5) is 28.7. The maximum Gasteiger partial charge on any atom is 0.225 e. The first-order valence-corrected chi connectivity index (χ1v) is 9.85. The van der Waals surface area contributed by atoms with Crippen LogP contribution in [0.15, 0.2) is 54.6 Å². The van der Waals surface area contributed by atoms with Gasteiger partial charge in [0.25, 0.3) is 0 Å². The zero-order valence-electron chi connectivity index (χ0n) is 16.7. The van der Waals surface area contributed by atoms with Gasteiger partial charge in [0.1, 0.15) is 0 Å². The second kappa shape index (κ2) is 9.51. The fourth-order valence-electron chi connectivity index (χ4n) is 3.50. The Balaban J connectivity index is 1.41. The molecule has 1 aliphatic rings. The third-order valence-corrected chi connectivity index (χ3v) is 5.17. The molecule has 0 saturated carbocycles. The van der Waals surface area contributed by atoms with Crippen molar-refractivity contribution in [3.05, 3.63) is 71.3 Å². The van der Waals surface area contributed by atoms with E-state index >= 15 is 0 Å². The molecule has 1 saturated heterocycles. The summed E-state index contributed by atoms with van der Waals surface area (Å²) in [6.07, 6.45) is 0.303. The van der Waals surface area contributed by atoms with Crippen LogP contribution in [0, 0.1) is 12.8 Å². The number of hydrogen-bond donors (Lipinski definition) is 1. The molecule has 3 rings (SSSR count). The van der Waals surface area contributed by atoms with Gasteiger partial charge < -0.3 is 15.1 Å². The van der Waals surface area contributed by atoms with Gasteiger partial charge in [-0.05, 0) is 25.1 Å². The van der Waals surface area contributed by atoms with E-state index in [9.17, 15) is 9.59 Å². The lowest BCUT2D eigenvalue weighted by atomic mass is 10.1. The van der Waals surface area contributed by atoms with Crippen LogP contribution in [0.5, 0.6) is 0 Å². The van der Waals surface area contributed by atoms with Gasteiger partial charge in [0.2, 0.25) is 11.8 Å². The topological polar surface area (TPSA) is 52.7 Å². The van der Waals surface area contributed by atoms with E-state index in [2.05, 4.69) is 22.3 Å². The average molecular weight is 380 g/mol. The number of benzene rings is 2. The van der Waals surface area contributed by atoms with Gasteiger partial charge in [0, 0.05) is 39.1 Å². The number of likely N-dealkylation sites (N-methyl/N-ethyl adjacent to an activating group) is 1. The summed E-state index contributed by atoms with van der Waals surface area (Å²) in [5, 5.41) is 2.99. The van der Waals surface area contributed by atoms with Crippen LogP contribution in [0.25, 0.3) is 0 Å². The van der Waals surface area contributed by atoms with Crippen LogP contribution in [-0.2, 0) is 22.7 Å². The molecular weight excluding hydrogens is 350 g/mol. The number of rotatable bonds is 8. The fraction of sp³-hybridized carbons (Fsp3) is 0.391. The van der Waals surface area contributed by atoms with Gasteiger partial charge >= 0.3 is 0 Å². The predicted octanol–water partition coefficient (Wildman–Crippen LogP) is 2.59. The molecule has 1 heterocycles. The van der Waals surface area contributed by atoms with E-state index < -0.39 is 0 Å². The Kier molecular flexibility index (Phi) is 6.82. The number of carbonyl (C=O) groups excluding carboxylic acids is 2. The molecule has 1 N–H and O–H groups in total. The van der Waals surface area contributed by atoms with Gasteiger partial charge in [-0.3, -0.25) is 9.59 Å². The van der Waals surface area contributed by atoms with Gasteiger partial charge in [-0.2, -0.15) is 0 Å². The standard InChI is InChI=1S/C23H29N3O2/c1-18-8-10-20(11-9-18)16-26-17-21(14-22(26)27)23(28)24-12-13-25(2)15-19-6-4-3-5-7-19/h3-11,21H,12-17H2,1-2H3,(H,24,28). The Bertz CT molecular complexity index is 789. The molecule has 1 unspecified atom stereocenters. The van der Waals surface area contributed by atoms with Crippen molar-refractivity contribution >= 4 is 11.8 Å². The number of amides is 2. The summed E-state index contributed by atoms with van der Waals surface area (Å²) in [7, 11) is 2.04. The lowest BCUT2D eigenvalue weighted by molar-refractivity contribution is -0.129. The number of carbonyl (C=O) groups is 2. The first-order chi connectivity index (χ1) is 13.5. The molecule has 0 spiro atoms. The zero-order valence-corrected chi connectivity index (χ0v) is 16.7. The van der Waals surface area contributed by atoms with Crippen LogP contribution in [0.4, 0.5) is 0 Å². The highest BCUT2D eigenvalue weighted by Gasteiger charge is 2.34. The molecule has 0 aromatic heterocycles. The summed E-state index contributed by atoms with van der Waals surface area (Å²) < 4.78 is 0. The molecule has 1 fully saturated rings. The van der Waals surface area contributed by atoms with Crippen molar-refractivity contribution in [3.8, 4) is 0 Å². The SMILES string of the molecule is Cc1ccc(CN2CC(C(=O)NCCN(C)Cc3ccccc3)CC2=O)cc1. The monoisotopic (exact) mass is 379 g/mol. The average Bonchev–Trinajstić information content (AvgIpc) is 3.05. The third kappa shape index (κ3) is 5.67. The largest absolute Gasteiger partial charge is 0.355 e. The normalized spacial score (nSPS) is 16.6. The number of nitrogens with one attached hydrogen (secondary N) is 1. The van der Waals surface area contributed by atoms with Crippen LogP contribution >= 0.6 is 0 Å². The Morgan fingerprint density at radius 1 is 1.11 bits per heavy atom. The van der Waals surface area contributed by atoms with E-state index in [-0.39, 0.29) is 17.7 Å². The maximum atomic E-state index is 12.5. The second-order valence-electron chi connectivity index (χ2n) is 7.68. The second-order valence-corrected chi connectivity index (χ2v) is 7.68. The van der Waals surface area contributed by atoms with Crippen molar-refractivity contribution in [2.24, 2.45) is 5.92 Å². The van der Waals surface area contributed by atoms with Gasteiger partial charge in [0.15, 0.2) is 0 Å².